The van der Waals surface area contributed by atoms with Gasteiger partial charge in [0.05, 0.1) is 0 Å². The molecule has 2 saturated heterocycles. The minimum absolute atomic E-state index is 0.699. The Hall–Kier alpha value is -1.35. The average Bonchev–Trinajstić information content (AvgIpc) is 3.01. The Balaban J connectivity index is 1.49. The maximum absolute atomic E-state index is 8.33. The van der Waals surface area contributed by atoms with Crippen molar-refractivity contribution in [3.63, 3.8) is 0 Å². The van der Waals surface area contributed by atoms with Gasteiger partial charge in [0.25, 0.3) is 0 Å². The maximum atomic E-state index is 8.33. The van der Waals surface area contributed by atoms with Crippen molar-refractivity contribution in [1.29, 1.82) is 5.41 Å². The van der Waals surface area contributed by atoms with Gasteiger partial charge in [0.2, 0.25) is 0 Å². The molecule has 0 radical (unpaired) electrons. The summed E-state index contributed by atoms with van der Waals surface area (Å²) in [4.78, 5) is 4.87. The molecule has 0 unspecified atom stereocenters. The summed E-state index contributed by atoms with van der Waals surface area (Å²) < 4.78 is 0. The molecule has 0 aromatic heterocycles. The monoisotopic (exact) mass is 271 g/mol. The number of rotatable bonds is 3. The fourth-order valence-corrected chi connectivity index (χ4v) is 3.45. The molecule has 1 aromatic rings. The number of likely N-dealkylation sites (tertiary alicyclic amines) is 2. The van der Waals surface area contributed by atoms with E-state index >= 15 is 0 Å². The summed E-state index contributed by atoms with van der Waals surface area (Å²) in [5, 5.41) is 8.33. The number of hydrogen-bond donors (Lipinski definition) is 1. The van der Waals surface area contributed by atoms with Crippen molar-refractivity contribution in [2.24, 2.45) is 5.92 Å². The van der Waals surface area contributed by atoms with E-state index in [4.69, 9.17) is 5.41 Å². The van der Waals surface area contributed by atoms with Crippen molar-refractivity contribution in [3.8, 4) is 0 Å². The summed E-state index contributed by atoms with van der Waals surface area (Å²) in [6.45, 7) is 5.99. The summed E-state index contributed by atoms with van der Waals surface area (Å²) in [7, 11) is 0. The molecule has 0 spiro atoms. The lowest BCUT2D eigenvalue weighted by molar-refractivity contribution is 0.201. The molecular weight excluding hydrogens is 246 g/mol. The summed E-state index contributed by atoms with van der Waals surface area (Å²) in [5.74, 6) is 1.54. The van der Waals surface area contributed by atoms with Crippen molar-refractivity contribution in [1.82, 2.24) is 9.80 Å². The number of hydrogen-bond acceptors (Lipinski definition) is 2. The maximum Gasteiger partial charge on any atom is 0.128 e. The van der Waals surface area contributed by atoms with E-state index < -0.39 is 0 Å². The van der Waals surface area contributed by atoms with Crippen LogP contribution < -0.4 is 0 Å². The Morgan fingerprint density at radius 1 is 1.00 bits per heavy atom. The third-order valence-corrected chi connectivity index (χ3v) is 4.69. The predicted octanol–water partition coefficient (Wildman–Crippen LogP) is 2.82. The number of amidine groups is 1. The molecule has 3 nitrogen and oxygen atoms in total. The highest BCUT2D eigenvalue weighted by molar-refractivity contribution is 5.96. The van der Waals surface area contributed by atoms with Gasteiger partial charge in [-0.25, -0.2) is 0 Å². The van der Waals surface area contributed by atoms with Gasteiger partial charge >= 0.3 is 0 Å². The van der Waals surface area contributed by atoms with E-state index in [-0.39, 0.29) is 0 Å². The second-order valence-corrected chi connectivity index (χ2v) is 6.15. The summed E-state index contributed by atoms with van der Waals surface area (Å²) in [5.41, 5.74) is 1.05. The molecule has 3 heteroatoms. The van der Waals surface area contributed by atoms with Crippen LogP contribution in [0.3, 0.4) is 0 Å². The molecule has 2 aliphatic heterocycles. The van der Waals surface area contributed by atoms with Crippen molar-refractivity contribution < 1.29 is 0 Å². The second-order valence-electron chi connectivity index (χ2n) is 6.15. The van der Waals surface area contributed by atoms with Gasteiger partial charge in [-0.15, -0.1) is 0 Å². The first-order valence-electron chi connectivity index (χ1n) is 7.94. The quantitative estimate of drug-likeness (QED) is 0.677. The van der Waals surface area contributed by atoms with E-state index in [9.17, 15) is 0 Å². The van der Waals surface area contributed by atoms with Crippen LogP contribution in [0.5, 0.6) is 0 Å². The zero-order chi connectivity index (χ0) is 13.8. The standard InChI is InChI=1S/C17H25N3/c18-17(16-6-2-1-3-7-16)20-12-8-15(9-13-20)14-19-10-4-5-11-19/h1-3,6-7,15,18H,4-5,8-14H2. The Morgan fingerprint density at radius 3 is 2.30 bits per heavy atom. The lowest BCUT2D eigenvalue weighted by Crippen LogP contribution is -2.41. The van der Waals surface area contributed by atoms with Crippen LogP contribution in [-0.2, 0) is 0 Å². The normalized spacial score (nSPS) is 21.3. The van der Waals surface area contributed by atoms with Crippen LogP contribution in [0.4, 0.5) is 0 Å². The molecule has 20 heavy (non-hydrogen) atoms. The molecular formula is C17H25N3. The molecule has 0 aliphatic carbocycles. The Kier molecular flexibility index (Phi) is 4.36. The van der Waals surface area contributed by atoms with Crippen molar-refractivity contribution in [2.45, 2.75) is 25.7 Å². The van der Waals surface area contributed by atoms with E-state index in [2.05, 4.69) is 9.80 Å². The molecule has 1 N–H and O–H groups in total. The summed E-state index contributed by atoms with van der Waals surface area (Å²) in [6.07, 6.45) is 5.26. The van der Waals surface area contributed by atoms with Crippen LogP contribution in [0.2, 0.25) is 0 Å². The molecule has 3 rings (SSSR count). The molecule has 2 fully saturated rings. The third kappa shape index (κ3) is 3.21. The van der Waals surface area contributed by atoms with Crippen LogP contribution in [0.25, 0.3) is 0 Å². The summed E-state index contributed by atoms with van der Waals surface area (Å²) >= 11 is 0. The minimum Gasteiger partial charge on any atom is -0.357 e. The number of piperidine rings is 1. The molecule has 0 bridgehead atoms. The van der Waals surface area contributed by atoms with Crippen LogP contribution >= 0.6 is 0 Å². The largest absolute Gasteiger partial charge is 0.357 e. The van der Waals surface area contributed by atoms with Crippen molar-refractivity contribution in [3.05, 3.63) is 35.9 Å². The highest BCUT2D eigenvalue weighted by Crippen LogP contribution is 2.21. The van der Waals surface area contributed by atoms with E-state index in [1.165, 1.54) is 45.3 Å². The topological polar surface area (TPSA) is 30.3 Å². The molecule has 2 heterocycles. The van der Waals surface area contributed by atoms with Crippen LogP contribution in [0.1, 0.15) is 31.2 Å². The van der Waals surface area contributed by atoms with Crippen LogP contribution in [0.15, 0.2) is 30.3 Å². The fourth-order valence-electron chi connectivity index (χ4n) is 3.45. The van der Waals surface area contributed by atoms with Gasteiger partial charge in [0, 0.05) is 25.2 Å². The number of nitrogens with zero attached hydrogens (tertiary/aromatic N) is 2. The average molecular weight is 271 g/mol. The highest BCUT2D eigenvalue weighted by Gasteiger charge is 2.24. The smallest absolute Gasteiger partial charge is 0.128 e. The van der Waals surface area contributed by atoms with Crippen LogP contribution in [-0.4, -0.2) is 48.4 Å². The lowest BCUT2D eigenvalue weighted by Gasteiger charge is -2.35. The van der Waals surface area contributed by atoms with Gasteiger partial charge in [0.1, 0.15) is 5.84 Å². The Morgan fingerprint density at radius 2 is 1.65 bits per heavy atom. The van der Waals surface area contributed by atoms with Gasteiger partial charge in [-0.1, -0.05) is 30.3 Å². The predicted molar refractivity (Wildman–Crippen MR) is 83.2 cm³/mol. The molecule has 0 saturated carbocycles. The van der Waals surface area contributed by atoms with Crippen molar-refractivity contribution >= 4 is 5.84 Å². The van der Waals surface area contributed by atoms with E-state index in [0.717, 1.165) is 24.6 Å². The first-order chi connectivity index (χ1) is 9.83. The molecule has 108 valence electrons. The van der Waals surface area contributed by atoms with Gasteiger partial charge in [-0.05, 0) is 44.7 Å². The van der Waals surface area contributed by atoms with Crippen molar-refractivity contribution in [2.75, 3.05) is 32.7 Å². The Bertz CT molecular complexity index is 429. The zero-order valence-corrected chi connectivity index (χ0v) is 12.2. The first kappa shape index (κ1) is 13.6. The molecule has 1 aromatic carbocycles. The number of nitrogens with one attached hydrogen (secondary N) is 1. The highest BCUT2D eigenvalue weighted by atomic mass is 15.2. The molecule has 2 aliphatic rings. The zero-order valence-electron chi connectivity index (χ0n) is 12.2. The van der Waals surface area contributed by atoms with E-state index in [1.54, 1.807) is 0 Å². The molecule has 0 atom stereocenters. The van der Waals surface area contributed by atoms with Gasteiger partial charge in [-0.2, -0.15) is 0 Å². The third-order valence-electron chi connectivity index (χ3n) is 4.69. The van der Waals surface area contributed by atoms with Gasteiger partial charge in [0.15, 0.2) is 0 Å². The minimum atomic E-state index is 0.699. The fraction of sp³-hybridized carbons (Fsp3) is 0.588. The SMILES string of the molecule is N=C(c1ccccc1)N1CCC(CN2CCCC2)CC1. The van der Waals surface area contributed by atoms with E-state index in [1.807, 2.05) is 30.3 Å². The Labute approximate surface area is 122 Å². The molecule has 0 amide bonds. The van der Waals surface area contributed by atoms with Gasteiger partial charge in [-0.3, -0.25) is 5.41 Å². The van der Waals surface area contributed by atoms with Gasteiger partial charge < -0.3 is 9.80 Å². The van der Waals surface area contributed by atoms with Crippen LogP contribution in [0, 0.1) is 11.3 Å². The second kappa shape index (κ2) is 6.40. The lowest BCUT2D eigenvalue weighted by atomic mass is 9.95. The van der Waals surface area contributed by atoms with E-state index in [0.29, 0.717) is 5.84 Å². The summed E-state index contributed by atoms with van der Waals surface area (Å²) in [6, 6.07) is 10.1. The number of benzene rings is 1. The first-order valence-corrected chi connectivity index (χ1v) is 7.94.